The van der Waals surface area contributed by atoms with Crippen LogP contribution < -0.4 is 0 Å². The molecule has 0 aliphatic carbocycles. The molecule has 2 atom stereocenters. The van der Waals surface area contributed by atoms with E-state index in [-0.39, 0.29) is 12.0 Å². The van der Waals surface area contributed by atoms with Gasteiger partial charge in [0, 0.05) is 42.1 Å². The Morgan fingerprint density at radius 3 is 2.68 bits per heavy atom. The van der Waals surface area contributed by atoms with Crippen molar-refractivity contribution < 1.29 is 5.11 Å². The number of piperidine rings is 1. The van der Waals surface area contributed by atoms with Crippen LogP contribution in [-0.4, -0.2) is 34.2 Å². The molecule has 2 N–H and O–H groups in total. The van der Waals surface area contributed by atoms with Gasteiger partial charge in [0.05, 0.1) is 6.10 Å². The lowest BCUT2D eigenvalue weighted by Crippen LogP contribution is -2.43. The van der Waals surface area contributed by atoms with E-state index in [4.69, 9.17) is 0 Å². The molecule has 0 amide bonds. The summed E-state index contributed by atoms with van der Waals surface area (Å²) in [6.07, 6.45) is 1.58. The first-order valence-electron chi connectivity index (χ1n) is 9.21. The molecule has 0 saturated carbocycles. The molecule has 1 aromatic heterocycles. The van der Waals surface area contributed by atoms with Crippen LogP contribution in [0.4, 0.5) is 0 Å². The van der Waals surface area contributed by atoms with Gasteiger partial charge in [-0.1, -0.05) is 48.5 Å². The molecule has 1 aliphatic heterocycles. The van der Waals surface area contributed by atoms with Crippen molar-refractivity contribution in [1.82, 2.24) is 9.88 Å². The first-order chi connectivity index (χ1) is 12.2. The fourth-order valence-electron chi connectivity index (χ4n) is 4.14. The van der Waals surface area contributed by atoms with Crippen LogP contribution in [0.15, 0.2) is 54.6 Å². The number of aromatic amines is 1. The third-order valence-electron chi connectivity index (χ3n) is 5.52. The van der Waals surface area contributed by atoms with Crippen molar-refractivity contribution in [2.75, 3.05) is 13.1 Å². The van der Waals surface area contributed by atoms with Gasteiger partial charge in [0.2, 0.25) is 0 Å². The molecule has 25 heavy (non-hydrogen) atoms. The van der Waals surface area contributed by atoms with E-state index in [9.17, 15) is 5.11 Å². The second kappa shape index (κ2) is 7.03. The molecule has 3 nitrogen and oxygen atoms in total. The Balaban J connectivity index is 1.51. The van der Waals surface area contributed by atoms with E-state index in [1.165, 1.54) is 27.7 Å². The van der Waals surface area contributed by atoms with E-state index in [2.05, 4.69) is 71.4 Å². The average molecular weight is 334 g/mol. The summed E-state index contributed by atoms with van der Waals surface area (Å²) in [6, 6.07) is 19.1. The lowest BCUT2D eigenvalue weighted by atomic mass is 9.87. The van der Waals surface area contributed by atoms with Crippen molar-refractivity contribution >= 4 is 10.9 Å². The lowest BCUT2D eigenvalue weighted by molar-refractivity contribution is 0.0240. The number of aromatic nitrogens is 1. The minimum absolute atomic E-state index is 0.208. The quantitative estimate of drug-likeness (QED) is 0.759. The molecule has 4 rings (SSSR count). The van der Waals surface area contributed by atoms with Gasteiger partial charge in [-0.15, -0.1) is 0 Å². The number of para-hydroxylation sites is 1. The summed E-state index contributed by atoms with van der Waals surface area (Å²) < 4.78 is 0. The highest BCUT2D eigenvalue weighted by atomic mass is 16.3. The standard InChI is InChI=1S/C22H26N2O/c1-16-20(19-9-5-6-10-21(19)23-16)13-18-15-24(12-11-22(18)25)14-17-7-3-2-4-8-17/h2-10,18,22-23,25H,11-15H2,1H3. The maximum absolute atomic E-state index is 10.6. The van der Waals surface area contributed by atoms with Crippen molar-refractivity contribution in [2.45, 2.75) is 32.4 Å². The first kappa shape index (κ1) is 16.4. The second-order valence-corrected chi connectivity index (χ2v) is 7.32. The highest BCUT2D eigenvalue weighted by Crippen LogP contribution is 2.28. The van der Waals surface area contributed by atoms with Crippen LogP contribution in [0.2, 0.25) is 0 Å². The van der Waals surface area contributed by atoms with Crippen molar-refractivity contribution in [1.29, 1.82) is 0 Å². The topological polar surface area (TPSA) is 39.3 Å². The SMILES string of the molecule is Cc1[nH]c2ccccc2c1CC1CN(Cc2ccccc2)CCC1O. The highest BCUT2D eigenvalue weighted by molar-refractivity contribution is 5.84. The van der Waals surface area contributed by atoms with Crippen molar-refractivity contribution in [3.05, 3.63) is 71.4 Å². The number of rotatable bonds is 4. The predicted molar refractivity (Wildman–Crippen MR) is 103 cm³/mol. The first-order valence-corrected chi connectivity index (χ1v) is 9.21. The normalized spacial score (nSPS) is 21.7. The van der Waals surface area contributed by atoms with Crippen LogP contribution in [0.3, 0.4) is 0 Å². The van der Waals surface area contributed by atoms with Crippen LogP contribution in [0, 0.1) is 12.8 Å². The monoisotopic (exact) mass is 334 g/mol. The van der Waals surface area contributed by atoms with Gasteiger partial charge in [-0.2, -0.15) is 0 Å². The van der Waals surface area contributed by atoms with E-state index in [1.807, 2.05) is 0 Å². The molecule has 2 aromatic carbocycles. The number of hydrogen-bond acceptors (Lipinski definition) is 2. The smallest absolute Gasteiger partial charge is 0.0596 e. The number of benzene rings is 2. The van der Waals surface area contributed by atoms with Crippen LogP contribution in [0.5, 0.6) is 0 Å². The van der Waals surface area contributed by atoms with Crippen molar-refractivity contribution in [3.8, 4) is 0 Å². The van der Waals surface area contributed by atoms with Crippen LogP contribution in [0.25, 0.3) is 10.9 Å². The zero-order valence-corrected chi connectivity index (χ0v) is 14.8. The van der Waals surface area contributed by atoms with E-state index >= 15 is 0 Å². The van der Waals surface area contributed by atoms with Crippen molar-refractivity contribution in [2.24, 2.45) is 5.92 Å². The zero-order chi connectivity index (χ0) is 17.2. The molecule has 2 unspecified atom stereocenters. The van der Waals surface area contributed by atoms with Crippen LogP contribution >= 0.6 is 0 Å². The molecule has 3 heteroatoms. The Morgan fingerprint density at radius 1 is 1.08 bits per heavy atom. The van der Waals surface area contributed by atoms with Gasteiger partial charge in [0.1, 0.15) is 0 Å². The molecule has 0 spiro atoms. The molecule has 3 aromatic rings. The van der Waals surface area contributed by atoms with Gasteiger partial charge in [-0.25, -0.2) is 0 Å². The Hall–Kier alpha value is -2.10. The molecule has 130 valence electrons. The number of aliphatic hydroxyl groups is 1. The van der Waals surface area contributed by atoms with E-state index in [0.717, 1.165) is 32.5 Å². The lowest BCUT2D eigenvalue weighted by Gasteiger charge is -2.36. The molecule has 0 bridgehead atoms. The van der Waals surface area contributed by atoms with Gasteiger partial charge in [0.25, 0.3) is 0 Å². The van der Waals surface area contributed by atoms with Crippen molar-refractivity contribution in [3.63, 3.8) is 0 Å². The van der Waals surface area contributed by atoms with Gasteiger partial charge in [-0.05, 0) is 37.0 Å². The molecular formula is C22H26N2O. The molecule has 2 heterocycles. The number of nitrogens with zero attached hydrogens (tertiary/aromatic N) is 1. The summed E-state index contributed by atoms with van der Waals surface area (Å²) in [5.41, 5.74) is 5.14. The number of nitrogens with one attached hydrogen (secondary N) is 1. The molecule has 1 saturated heterocycles. The maximum Gasteiger partial charge on any atom is 0.0596 e. The summed E-state index contributed by atoms with van der Waals surface area (Å²) in [7, 11) is 0. The minimum atomic E-state index is -0.208. The molecule has 0 radical (unpaired) electrons. The molecule has 1 aliphatic rings. The van der Waals surface area contributed by atoms with E-state index < -0.39 is 0 Å². The number of H-pyrrole nitrogens is 1. The molecular weight excluding hydrogens is 308 g/mol. The highest BCUT2D eigenvalue weighted by Gasteiger charge is 2.29. The summed E-state index contributed by atoms with van der Waals surface area (Å²) in [4.78, 5) is 5.97. The Labute approximate surface area is 149 Å². The van der Waals surface area contributed by atoms with E-state index in [1.54, 1.807) is 0 Å². The number of fused-ring (bicyclic) bond motifs is 1. The van der Waals surface area contributed by atoms with Gasteiger partial charge < -0.3 is 10.1 Å². The third kappa shape index (κ3) is 3.48. The van der Waals surface area contributed by atoms with Crippen LogP contribution in [0.1, 0.15) is 23.2 Å². The summed E-state index contributed by atoms with van der Waals surface area (Å²) >= 11 is 0. The summed E-state index contributed by atoms with van der Waals surface area (Å²) in [6.45, 7) is 5.04. The Bertz CT molecular complexity index is 840. The largest absolute Gasteiger partial charge is 0.393 e. The van der Waals surface area contributed by atoms with Crippen LogP contribution in [-0.2, 0) is 13.0 Å². The number of hydrogen-bond donors (Lipinski definition) is 2. The predicted octanol–water partition coefficient (Wildman–Crippen LogP) is 3.90. The molecule has 1 fully saturated rings. The number of likely N-dealkylation sites (tertiary alicyclic amines) is 1. The second-order valence-electron chi connectivity index (χ2n) is 7.32. The maximum atomic E-state index is 10.6. The van der Waals surface area contributed by atoms with Gasteiger partial charge >= 0.3 is 0 Å². The fraction of sp³-hybridized carbons (Fsp3) is 0.364. The fourth-order valence-corrected chi connectivity index (χ4v) is 4.14. The number of aliphatic hydroxyl groups excluding tert-OH is 1. The average Bonchev–Trinajstić information content (AvgIpc) is 2.94. The Kier molecular flexibility index (Phi) is 4.60. The minimum Gasteiger partial charge on any atom is -0.393 e. The number of aryl methyl sites for hydroxylation is 1. The Morgan fingerprint density at radius 2 is 1.84 bits per heavy atom. The van der Waals surface area contributed by atoms with E-state index in [0.29, 0.717) is 0 Å². The third-order valence-corrected chi connectivity index (χ3v) is 5.52. The van der Waals surface area contributed by atoms with Gasteiger partial charge in [-0.3, -0.25) is 4.90 Å². The summed E-state index contributed by atoms with van der Waals surface area (Å²) in [5.74, 6) is 0.287. The zero-order valence-electron chi connectivity index (χ0n) is 14.8. The summed E-state index contributed by atoms with van der Waals surface area (Å²) in [5, 5.41) is 11.9. The van der Waals surface area contributed by atoms with Gasteiger partial charge in [0.15, 0.2) is 0 Å².